The van der Waals surface area contributed by atoms with Crippen molar-refractivity contribution >= 4 is 22.8 Å². The molecule has 0 unspecified atom stereocenters. The van der Waals surface area contributed by atoms with Gasteiger partial charge in [-0.3, -0.25) is 20.4 Å². The van der Waals surface area contributed by atoms with Crippen molar-refractivity contribution in [2.24, 2.45) is 0 Å². The summed E-state index contributed by atoms with van der Waals surface area (Å²) in [5, 5.41) is 11.2. The average molecular weight is 339 g/mol. The molecule has 0 saturated heterocycles. The molecule has 8 nitrogen and oxygen atoms in total. The molecule has 0 bridgehead atoms. The first-order valence-corrected chi connectivity index (χ1v) is 7.76. The molecule has 0 aliphatic carbocycles. The molecule has 2 amide bonds. The van der Waals surface area contributed by atoms with E-state index in [9.17, 15) is 14.8 Å². The number of hydrazine groups is 1. The predicted molar refractivity (Wildman–Crippen MR) is 90.5 cm³/mol. The number of imidazole rings is 1. The van der Waals surface area contributed by atoms with Crippen LogP contribution in [-0.4, -0.2) is 21.4 Å². The molecule has 0 spiro atoms. The van der Waals surface area contributed by atoms with Crippen LogP contribution in [0.4, 0.5) is 0 Å². The molecule has 0 aliphatic rings. The Morgan fingerprint density at radius 1 is 1.20 bits per heavy atom. The number of carbonyl (C=O) groups is 2. The van der Waals surface area contributed by atoms with E-state index in [-0.39, 0.29) is 5.56 Å². The molecule has 2 aromatic heterocycles. The van der Waals surface area contributed by atoms with Crippen LogP contribution in [0.5, 0.6) is 0 Å². The normalized spacial score (nSPS) is 10.6. The SMILES string of the molecule is CCn1c(C)nc2cc(C(=O)NNC(=O)c3ccc[n+]([O-])c3)ccc21. The van der Waals surface area contributed by atoms with Crippen molar-refractivity contribution in [2.45, 2.75) is 20.4 Å². The Morgan fingerprint density at radius 3 is 2.60 bits per heavy atom. The molecule has 3 aromatic rings. The summed E-state index contributed by atoms with van der Waals surface area (Å²) in [7, 11) is 0. The van der Waals surface area contributed by atoms with Gasteiger partial charge in [0, 0.05) is 18.2 Å². The Morgan fingerprint density at radius 2 is 1.92 bits per heavy atom. The summed E-state index contributed by atoms with van der Waals surface area (Å²) < 4.78 is 2.56. The molecule has 128 valence electrons. The minimum absolute atomic E-state index is 0.144. The summed E-state index contributed by atoms with van der Waals surface area (Å²) in [6.45, 7) is 4.73. The lowest BCUT2D eigenvalue weighted by Gasteiger charge is -2.07. The number of fused-ring (bicyclic) bond motifs is 1. The third-order valence-corrected chi connectivity index (χ3v) is 3.84. The molecule has 8 heteroatoms. The first kappa shape index (κ1) is 16.4. The zero-order valence-corrected chi connectivity index (χ0v) is 13.8. The second-order valence-electron chi connectivity index (χ2n) is 5.47. The molecule has 0 fully saturated rings. The van der Waals surface area contributed by atoms with Crippen LogP contribution in [0.2, 0.25) is 0 Å². The molecule has 1 aromatic carbocycles. The van der Waals surface area contributed by atoms with E-state index >= 15 is 0 Å². The van der Waals surface area contributed by atoms with Crippen LogP contribution in [0, 0.1) is 12.1 Å². The highest BCUT2D eigenvalue weighted by atomic mass is 16.5. The molecule has 2 heterocycles. The Labute approximate surface area is 143 Å². The summed E-state index contributed by atoms with van der Waals surface area (Å²) in [5.74, 6) is -0.172. The molecule has 25 heavy (non-hydrogen) atoms. The zero-order chi connectivity index (χ0) is 18.0. The van der Waals surface area contributed by atoms with Gasteiger partial charge in [-0.2, -0.15) is 4.73 Å². The fourth-order valence-corrected chi connectivity index (χ4v) is 2.64. The standard InChI is InChI=1S/C17H17N5O3/c1-3-22-11(2)18-14-9-12(6-7-15(14)22)16(23)19-20-17(24)13-5-4-8-21(25)10-13/h4-10H,3H2,1-2H3,(H,19,23)(H,20,24). The quantitative estimate of drug-likeness (QED) is 0.423. The van der Waals surface area contributed by atoms with E-state index in [1.165, 1.54) is 18.3 Å². The fourth-order valence-electron chi connectivity index (χ4n) is 2.64. The molecule has 0 atom stereocenters. The van der Waals surface area contributed by atoms with Crippen LogP contribution in [0.25, 0.3) is 11.0 Å². The Bertz CT molecular complexity index is 964. The molecule has 2 N–H and O–H groups in total. The average Bonchev–Trinajstić information content (AvgIpc) is 2.93. The van der Waals surface area contributed by atoms with Gasteiger partial charge in [-0.15, -0.1) is 0 Å². The van der Waals surface area contributed by atoms with Gasteiger partial charge >= 0.3 is 0 Å². The molecular weight excluding hydrogens is 322 g/mol. The van der Waals surface area contributed by atoms with Gasteiger partial charge in [-0.05, 0) is 38.1 Å². The first-order valence-electron chi connectivity index (χ1n) is 7.76. The summed E-state index contributed by atoms with van der Waals surface area (Å²) in [5.41, 5.74) is 6.80. The predicted octanol–water partition coefficient (Wildman–Crippen LogP) is 1.07. The maximum atomic E-state index is 12.2. The highest BCUT2D eigenvalue weighted by Crippen LogP contribution is 2.17. The number of hydrogen-bond donors (Lipinski definition) is 2. The van der Waals surface area contributed by atoms with E-state index in [0.717, 1.165) is 24.1 Å². The fraction of sp³-hybridized carbons (Fsp3) is 0.176. The molecule has 0 aliphatic heterocycles. The third-order valence-electron chi connectivity index (χ3n) is 3.84. The number of carbonyl (C=O) groups excluding carboxylic acids is 2. The van der Waals surface area contributed by atoms with Crippen molar-refractivity contribution in [2.75, 3.05) is 0 Å². The maximum absolute atomic E-state index is 12.2. The van der Waals surface area contributed by atoms with E-state index < -0.39 is 11.8 Å². The third kappa shape index (κ3) is 3.27. The van der Waals surface area contributed by atoms with Gasteiger partial charge in [0.2, 0.25) is 0 Å². The van der Waals surface area contributed by atoms with Crippen LogP contribution in [0.15, 0.2) is 42.7 Å². The van der Waals surface area contributed by atoms with Crippen LogP contribution in [0.3, 0.4) is 0 Å². The molecule has 0 radical (unpaired) electrons. The monoisotopic (exact) mass is 339 g/mol. The van der Waals surface area contributed by atoms with E-state index in [1.54, 1.807) is 12.1 Å². The van der Waals surface area contributed by atoms with Crippen molar-refractivity contribution in [3.8, 4) is 0 Å². The van der Waals surface area contributed by atoms with E-state index in [4.69, 9.17) is 0 Å². The smallest absolute Gasteiger partial charge is 0.275 e. The van der Waals surface area contributed by atoms with Crippen molar-refractivity contribution in [3.05, 3.63) is 64.9 Å². The Balaban J connectivity index is 1.73. The van der Waals surface area contributed by atoms with Crippen molar-refractivity contribution in [3.63, 3.8) is 0 Å². The highest BCUT2D eigenvalue weighted by molar-refractivity contribution is 6.00. The minimum Gasteiger partial charge on any atom is -0.619 e. The maximum Gasteiger partial charge on any atom is 0.275 e. The molecular formula is C17H17N5O3. The van der Waals surface area contributed by atoms with Crippen molar-refractivity contribution in [1.29, 1.82) is 0 Å². The topological polar surface area (TPSA) is 103 Å². The van der Waals surface area contributed by atoms with Crippen molar-refractivity contribution < 1.29 is 14.3 Å². The number of amides is 2. The highest BCUT2D eigenvalue weighted by Gasteiger charge is 2.13. The number of aromatic nitrogens is 3. The lowest BCUT2D eigenvalue weighted by Crippen LogP contribution is -2.42. The Kier molecular flexibility index (Phi) is 4.34. The van der Waals surface area contributed by atoms with Gasteiger partial charge in [-0.1, -0.05) is 0 Å². The lowest BCUT2D eigenvalue weighted by atomic mass is 10.2. The van der Waals surface area contributed by atoms with Crippen molar-refractivity contribution in [1.82, 2.24) is 20.4 Å². The molecule has 0 saturated carbocycles. The Hall–Kier alpha value is -3.42. The lowest BCUT2D eigenvalue weighted by molar-refractivity contribution is -0.605. The van der Waals surface area contributed by atoms with Gasteiger partial charge in [0.15, 0.2) is 12.4 Å². The zero-order valence-electron chi connectivity index (χ0n) is 13.8. The van der Waals surface area contributed by atoms with E-state index in [2.05, 4.69) is 15.8 Å². The first-order chi connectivity index (χ1) is 12.0. The summed E-state index contributed by atoms with van der Waals surface area (Å²) in [4.78, 5) is 28.6. The van der Waals surface area contributed by atoms with Crippen LogP contribution in [0.1, 0.15) is 33.5 Å². The van der Waals surface area contributed by atoms with Gasteiger partial charge in [0.1, 0.15) is 11.4 Å². The van der Waals surface area contributed by atoms with E-state index in [1.807, 2.05) is 24.5 Å². The number of rotatable bonds is 3. The number of nitrogens with one attached hydrogen (secondary N) is 2. The van der Waals surface area contributed by atoms with Crippen LogP contribution in [-0.2, 0) is 6.54 Å². The second-order valence-corrected chi connectivity index (χ2v) is 5.47. The minimum atomic E-state index is -0.578. The second kappa shape index (κ2) is 6.60. The van der Waals surface area contributed by atoms with Gasteiger partial charge < -0.3 is 9.77 Å². The van der Waals surface area contributed by atoms with E-state index in [0.29, 0.717) is 15.8 Å². The van der Waals surface area contributed by atoms with Gasteiger partial charge in [0.05, 0.1) is 11.0 Å². The number of benzene rings is 1. The van der Waals surface area contributed by atoms with Crippen LogP contribution >= 0.6 is 0 Å². The van der Waals surface area contributed by atoms with Gasteiger partial charge in [0.25, 0.3) is 11.8 Å². The summed E-state index contributed by atoms with van der Waals surface area (Å²) in [6.07, 6.45) is 2.38. The van der Waals surface area contributed by atoms with Crippen LogP contribution < -0.4 is 15.6 Å². The number of nitrogens with zero attached hydrogens (tertiary/aromatic N) is 3. The number of aryl methyl sites for hydroxylation is 2. The largest absolute Gasteiger partial charge is 0.619 e. The summed E-state index contributed by atoms with van der Waals surface area (Å²) >= 11 is 0. The number of hydrogen-bond acceptors (Lipinski definition) is 4. The van der Waals surface area contributed by atoms with Gasteiger partial charge in [-0.25, -0.2) is 4.98 Å². The number of pyridine rings is 1. The summed E-state index contributed by atoms with van der Waals surface area (Å²) in [6, 6.07) is 8.09. The molecule has 3 rings (SSSR count).